The van der Waals surface area contributed by atoms with Gasteiger partial charge in [-0.2, -0.15) is 0 Å². The van der Waals surface area contributed by atoms with Crippen molar-refractivity contribution in [3.63, 3.8) is 0 Å². The van der Waals surface area contributed by atoms with E-state index in [0.717, 1.165) is 0 Å². The minimum atomic E-state index is -4.44. The standard InChI is InChI=1S/6CH2.H2P.Zr/h7*1H2;/q;;;;;;-1;+1. The van der Waals surface area contributed by atoms with Gasteiger partial charge in [0.05, 0.1) is 0 Å². The molecular formula is C6H14PZr. The van der Waals surface area contributed by atoms with Gasteiger partial charge >= 0.3 is 44.1 Å². The van der Waals surface area contributed by atoms with Crippen molar-refractivity contribution in [3.05, 3.63) is 0 Å². The van der Waals surface area contributed by atoms with E-state index in [0.29, 0.717) is 0 Å². The number of hydrogen-bond donors (Lipinski definition) is 0. The van der Waals surface area contributed by atoms with Crippen LogP contribution >= 0.6 is 6.53 Å². The third-order valence-electron chi connectivity index (χ3n) is 0. The molecule has 0 aliphatic carbocycles. The molecule has 0 rings (SSSR count). The summed E-state index contributed by atoms with van der Waals surface area (Å²) in [5, 5.41) is 0. The quantitative estimate of drug-likeness (QED) is 0.497. The first kappa shape index (κ1) is 8.53. The van der Waals surface area contributed by atoms with Crippen LogP contribution in [-0.2, 0) is 12.3 Å². The Morgan fingerprint density at radius 2 is 0.750 bits per heavy atom. The van der Waals surface area contributed by atoms with Gasteiger partial charge < -0.3 is 0 Å². The van der Waals surface area contributed by atoms with E-state index in [4.69, 9.17) is 0 Å². The molecule has 0 bridgehead atoms. The summed E-state index contributed by atoms with van der Waals surface area (Å²) in [6, 6.07) is 0. The summed E-state index contributed by atoms with van der Waals surface area (Å²) in [5.41, 5.74) is 0. The summed E-state index contributed by atoms with van der Waals surface area (Å²) in [5.74, 6) is 0. The summed E-state index contributed by atoms with van der Waals surface area (Å²) in [7, 11) is 0. The Balaban J connectivity index is 9.04. The zero-order valence-electron chi connectivity index (χ0n) is 5.32. The first-order valence-corrected chi connectivity index (χ1v) is 17.7. The SMILES string of the molecule is [CH2]=[Zr](=[CH2])(=[CH2])(=[CH2])(=[CH2])(=[CH2])[PH2]. The van der Waals surface area contributed by atoms with Crippen LogP contribution in [0.1, 0.15) is 0 Å². The van der Waals surface area contributed by atoms with Crippen LogP contribution in [0.4, 0.5) is 0 Å². The van der Waals surface area contributed by atoms with Gasteiger partial charge in [-0.25, -0.2) is 0 Å². The maximum absolute atomic E-state index is 4.44. The van der Waals surface area contributed by atoms with Crippen LogP contribution in [0.15, 0.2) is 0 Å². The molecule has 0 heterocycles. The van der Waals surface area contributed by atoms with E-state index in [9.17, 15) is 0 Å². The second-order valence-corrected chi connectivity index (χ2v) is 43.9. The van der Waals surface area contributed by atoms with Crippen LogP contribution in [-0.4, -0.2) is 25.3 Å². The fraction of sp³-hybridized carbons (Fsp3) is 0. The Bertz CT molecular complexity index is 576. The Morgan fingerprint density at radius 1 is 0.750 bits per heavy atom. The Hall–Kier alpha value is 0.533. The van der Waals surface area contributed by atoms with E-state index in [1.165, 1.54) is 0 Å². The van der Waals surface area contributed by atoms with Gasteiger partial charge in [0, 0.05) is 0 Å². The molecule has 0 amide bonds. The molecule has 2 heteroatoms. The third-order valence-corrected chi connectivity index (χ3v) is 0. The summed E-state index contributed by atoms with van der Waals surface area (Å²) >= 11 is -4.44. The third kappa shape index (κ3) is 704. The predicted octanol–water partition coefficient (Wildman–Crippen LogP) is 0.130. The first-order valence-electron chi connectivity index (χ1n) is 2.41. The Kier molecular flexibility index (Phi) is 0.740. The van der Waals surface area contributed by atoms with Gasteiger partial charge in [0.25, 0.3) is 0 Å². The topological polar surface area (TPSA) is 0 Å². The molecule has 0 saturated carbocycles. The molecule has 1 atom stereocenters. The molecule has 8 heavy (non-hydrogen) atoms. The molecule has 0 aromatic carbocycles. The monoisotopic (exact) mass is 207 g/mol. The van der Waals surface area contributed by atoms with Crippen molar-refractivity contribution in [1.29, 1.82) is 0 Å². The van der Waals surface area contributed by atoms with Crippen LogP contribution < -0.4 is 0 Å². The minimum absolute atomic E-state index is 2.41. The van der Waals surface area contributed by atoms with Gasteiger partial charge in [0.1, 0.15) is 0 Å². The van der Waals surface area contributed by atoms with Gasteiger partial charge in [-0.05, 0) is 0 Å². The van der Waals surface area contributed by atoms with Crippen molar-refractivity contribution in [1.82, 2.24) is 0 Å². The van der Waals surface area contributed by atoms with Crippen molar-refractivity contribution >= 4 is 31.8 Å². The Labute approximate surface area is 44.1 Å². The molecule has 0 N–H and O–H groups in total. The van der Waals surface area contributed by atoms with Crippen molar-refractivity contribution in [3.8, 4) is 0 Å². The summed E-state index contributed by atoms with van der Waals surface area (Å²) in [6.07, 6.45) is 0. The molecule has 0 saturated heterocycles. The van der Waals surface area contributed by atoms with Gasteiger partial charge in [0.15, 0.2) is 0 Å². The molecule has 0 aromatic rings. The first-order chi connectivity index (χ1) is 2.65. The zero-order valence-corrected chi connectivity index (χ0v) is 8.93. The molecule has 0 radical (unpaired) electrons. The van der Waals surface area contributed by atoms with E-state index in [-0.39, 0.29) is 0 Å². The molecule has 0 spiro atoms. The maximum atomic E-state index is 3.77. The normalized spacial score (nSPS) is 14.1. The van der Waals surface area contributed by atoms with E-state index in [1.807, 2.05) is 0 Å². The van der Waals surface area contributed by atoms with E-state index >= 15 is 0 Å². The summed E-state index contributed by atoms with van der Waals surface area (Å²) < 4.78 is 22.6. The van der Waals surface area contributed by atoms with Crippen molar-refractivity contribution in [2.45, 2.75) is 0 Å². The van der Waals surface area contributed by atoms with Crippen LogP contribution in [0.3, 0.4) is 0 Å². The van der Waals surface area contributed by atoms with Crippen LogP contribution in [0.2, 0.25) is 0 Å². The van der Waals surface area contributed by atoms with E-state index < -0.39 is 12.3 Å². The molecule has 0 fully saturated rings. The van der Waals surface area contributed by atoms with Crippen LogP contribution in [0.25, 0.3) is 0 Å². The van der Waals surface area contributed by atoms with Gasteiger partial charge in [-0.3, -0.25) is 0 Å². The molecule has 47 valence electrons. The van der Waals surface area contributed by atoms with Crippen LogP contribution in [0, 0.1) is 0 Å². The average Bonchev–Trinajstić information content (AvgIpc) is 0.544. The molecular weight excluding hydrogens is 194 g/mol. The fourth-order valence-corrected chi connectivity index (χ4v) is 0. The Morgan fingerprint density at radius 3 is 0.750 bits per heavy atom. The van der Waals surface area contributed by atoms with Crippen molar-refractivity contribution in [2.75, 3.05) is 0 Å². The molecule has 0 aliphatic heterocycles. The molecule has 0 aliphatic rings. The summed E-state index contributed by atoms with van der Waals surface area (Å²) in [4.78, 5) is 0. The van der Waals surface area contributed by atoms with Crippen molar-refractivity contribution in [2.24, 2.45) is 0 Å². The van der Waals surface area contributed by atoms with Crippen LogP contribution in [0.5, 0.6) is 0 Å². The number of rotatable bonds is 0. The number of hydrogen-bond acceptors (Lipinski definition) is 0. The van der Waals surface area contributed by atoms with Gasteiger partial charge in [-0.15, -0.1) is 0 Å². The predicted molar refractivity (Wildman–Crippen MR) is 52.4 cm³/mol. The fourth-order valence-electron chi connectivity index (χ4n) is 0. The molecule has 0 nitrogen and oxygen atoms in total. The zero-order chi connectivity index (χ0) is 7.38. The van der Waals surface area contributed by atoms with E-state index in [2.05, 4.69) is 31.8 Å². The molecule has 0 aromatic heterocycles. The van der Waals surface area contributed by atoms with E-state index in [1.54, 1.807) is 0 Å². The summed E-state index contributed by atoms with van der Waals surface area (Å²) in [6.45, 7) is 2.41. The van der Waals surface area contributed by atoms with Gasteiger partial charge in [0.2, 0.25) is 0 Å². The second kappa shape index (κ2) is 0.693. The molecule has 1 unspecified atom stereocenters. The average molecular weight is 208 g/mol. The second-order valence-electron chi connectivity index (χ2n) is 4.97. The van der Waals surface area contributed by atoms with Crippen molar-refractivity contribution < 1.29 is 12.3 Å². The van der Waals surface area contributed by atoms with Gasteiger partial charge in [-0.1, -0.05) is 0 Å².